The fraction of sp³-hybridized carbons (Fsp3) is 0.455. The smallest absolute Gasteiger partial charge is 0.410 e. The lowest BCUT2D eigenvalue weighted by atomic mass is 10.0. The maximum absolute atomic E-state index is 13.6. The monoisotopic (exact) mass is 573 g/mol. The van der Waals surface area contributed by atoms with Gasteiger partial charge in [-0.05, 0) is 62.8 Å². The van der Waals surface area contributed by atoms with E-state index in [2.05, 4.69) is 15.0 Å². The summed E-state index contributed by atoms with van der Waals surface area (Å²) in [6.07, 6.45) is 5.88. The number of hydrogen-bond donors (Lipinski definition) is 1. The molecule has 1 aliphatic heterocycles. The molecule has 9 nitrogen and oxygen atoms in total. The molecule has 1 unspecified atom stereocenters. The predicted octanol–water partition coefficient (Wildman–Crippen LogP) is 5.02. The average molecular weight is 574 g/mol. The highest BCUT2D eigenvalue weighted by Crippen LogP contribution is 2.23. The van der Waals surface area contributed by atoms with Crippen molar-refractivity contribution in [1.29, 1.82) is 0 Å². The molecule has 9 heteroatoms. The summed E-state index contributed by atoms with van der Waals surface area (Å²) in [7, 11) is 1.86. The van der Waals surface area contributed by atoms with Gasteiger partial charge in [0.1, 0.15) is 5.60 Å². The summed E-state index contributed by atoms with van der Waals surface area (Å²) >= 11 is 0. The molecule has 0 radical (unpaired) electrons. The third-order valence-electron chi connectivity index (χ3n) is 7.24. The number of carbonyl (C=O) groups is 1. The van der Waals surface area contributed by atoms with Crippen molar-refractivity contribution in [3.8, 4) is 11.1 Å². The Morgan fingerprint density at radius 1 is 1.00 bits per heavy atom. The van der Waals surface area contributed by atoms with Crippen molar-refractivity contribution in [2.75, 3.05) is 32.7 Å². The van der Waals surface area contributed by atoms with Crippen LogP contribution in [0.15, 0.2) is 59.8 Å². The third-order valence-corrected chi connectivity index (χ3v) is 7.24. The van der Waals surface area contributed by atoms with E-state index in [1.807, 2.05) is 84.3 Å². The molecule has 224 valence electrons. The van der Waals surface area contributed by atoms with Gasteiger partial charge < -0.3 is 14.7 Å². The van der Waals surface area contributed by atoms with Crippen molar-refractivity contribution in [3.63, 3.8) is 0 Å². The van der Waals surface area contributed by atoms with Crippen LogP contribution in [0, 0.1) is 0 Å². The number of aliphatic hydroxyl groups is 1. The second-order valence-corrected chi connectivity index (χ2v) is 11.6. The van der Waals surface area contributed by atoms with E-state index in [-0.39, 0.29) is 11.5 Å². The molecule has 1 aliphatic rings. The zero-order chi connectivity index (χ0) is 30.4. The van der Waals surface area contributed by atoms with E-state index in [0.717, 1.165) is 22.1 Å². The highest BCUT2D eigenvalue weighted by molar-refractivity contribution is 5.93. The van der Waals surface area contributed by atoms with E-state index in [0.29, 0.717) is 61.9 Å². The Hall–Kier alpha value is -3.82. The lowest BCUT2D eigenvalue weighted by Crippen LogP contribution is -2.51. The molecule has 1 saturated heterocycles. The first-order chi connectivity index (χ1) is 20.1. The molecule has 1 atom stereocenters. The summed E-state index contributed by atoms with van der Waals surface area (Å²) in [4.78, 5) is 34.4. The van der Waals surface area contributed by atoms with Crippen LogP contribution in [0.5, 0.6) is 0 Å². The van der Waals surface area contributed by atoms with E-state index in [9.17, 15) is 14.7 Å². The van der Waals surface area contributed by atoms with Gasteiger partial charge in [0.2, 0.25) is 0 Å². The SMILES string of the molecule is CC.Cn1cc(-c2cnc3ccc4ccc(CCC(O)CN5CCN(C(=O)OC(C)(C)C)CC5)cc4c(=O)c3c2)cn1. The number of β-amino-alcohol motifs (C(OH)–C–C–N with tert-alkyl or cyclic N) is 1. The van der Waals surface area contributed by atoms with E-state index in [1.54, 1.807) is 22.0 Å². The number of nitrogens with zero attached hydrogens (tertiary/aromatic N) is 5. The zero-order valence-electron chi connectivity index (χ0n) is 25.6. The van der Waals surface area contributed by atoms with E-state index < -0.39 is 11.7 Å². The van der Waals surface area contributed by atoms with Crippen molar-refractivity contribution < 1.29 is 14.6 Å². The number of hydrogen-bond acceptors (Lipinski definition) is 7. The van der Waals surface area contributed by atoms with Crippen LogP contribution in [0.25, 0.3) is 32.8 Å². The Balaban J connectivity index is 0.00000198. The van der Waals surface area contributed by atoms with Gasteiger partial charge in [-0.15, -0.1) is 0 Å². The number of aryl methyl sites for hydroxylation is 2. The van der Waals surface area contributed by atoms with E-state index >= 15 is 0 Å². The van der Waals surface area contributed by atoms with Gasteiger partial charge in [0.05, 0.1) is 17.8 Å². The maximum atomic E-state index is 13.6. The number of rotatable bonds is 6. The second kappa shape index (κ2) is 13.4. The molecular formula is C33H43N5O4. The van der Waals surface area contributed by atoms with Crippen LogP contribution in [0.3, 0.4) is 0 Å². The van der Waals surface area contributed by atoms with Gasteiger partial charge in [0.15, 0.2) is 5.43 Å². The largest absolute Gasteiger partial charge is 0.444 e. The lowest BCUT2D eigenvalue weighted by Gasteiger charge is -2.36. The van der Waals surface area contributed by atoms with Crippen LogP contribution in [0.1, 0.15) is 46.6 Å². The van der Waals surface area contributed by atoms with Gasteiger partial charge in [0, 0.05) is 74.1 Å². The molecule has 2 aromatic carbocycles. The van der Waals surface area contributed by atoms with Crippen LogP contribution in [0.4, 0.5) is 4.79 Å². The molecule has 1 N–H and O–H groups in total. The Morgan fingerprint density at radius 2 is 1.71 bits per heavy atom. The van der Waals surface area contributed by atoms with E-state index in [4.69, 9.17) is 4.74 Å². The summed E-state index contributed by atoms with van der Waals surface area (Å²) in [6.45, 7) is 12.7. The number of carbonyl (C=O) groups excluding carboxylic acids is 1. The first-order valence-electron chi connectivity index (χ1n) is 14.8. The highest BCUT2D eigenvalue weighted by atomic mass is 16.6. The molecule has 0 spiro atoms. The second-order valence-electron chi connectivity index (χ2n) is 11.6. The van der Waals surface area contributed by atoms with Crippen LogP contribution < -0.4 is 5.43 Å². The summed E-state index contributed by atoms with van der Waals surface area (Å²) in [6, 6.07) is 11.6. The summed E-state index contributed by atoms with van der Waals surface area (Å²) < 4.78 is 7.19. The summed E-state index contributed by atoms with van der Waals surface area (Å²) in [5.41, 5.74) is 2.85. The molecule has 0 bridgehead atoms. The fourth-order valence-corrected chi connectivity index (χ4v) is 5.10. The average Bonchev–Trinajstić information content (AvgIpc) is 3.35. The minimum absolute atomic E-state index is 0.0569. The lowest BCUT2D eigenvalue weighted by molar-refractivity contribution is 0.00985. The molecule has 1 fully saturated rings. The van der Waals surface area contributed by atoms with Crippen molar-refractivity contribution >= 4 is 27.8 Å². The maximum Gasteiger partial charge on any atom is 0.410 e. The number of piperazine rings is 1. The minimum atomic E-state index is -0.510. The molecular weight excluding hydrogens is 530 g/mol. The van der Waals surface area contributed by atoms with Crippen molar-refractivity contribution in [2.45, 2.75) is 59.2 Å². The molecule has 4 aromatic rings. The van der Waals surface area contributed by atoms with Crippen LogP contribution in [-0.2, 0) is 18.2 Å². The van der Waals surface area contributed by atoms with Gasteiger partial charge >= 0.3 is 6.09 Å². The normalized spacial score (nSPS) is 14.9. The van der Waals surface area contributed by atoms with Crippen molar-refractivity contribution in [3.05, 3.63) is 70.8 Å². The molecule has 1 amide bonds. The van der Waals surface area contributed by atoms with Crippen molar-refractivity contribution in [1.82, 2.24) is 24.6 Å². The summed E-state index contributed by atoms with van der Waals surface area (Å²) in [5, 5.41) is 17.1. The first-order valence-corrected chi connectivity index (χ1v) is 14.8. The van der Waals surface area contributed by atoms with Crippen LogP contribution >= 0.6 is 0 Å². The fourth-order valence-electron chi connectivity index (χ4n) is 5.10. The van der Waals surface area contributed by atoms with Crippen LogP contribution in [0.2, 0.25) is 0 Å². The Bertz CT molecular complexity index is 1590. The van der Waals surface area contributed by atoms with Gasteiger partial charge in [-0.1, -0.05) is 32.0 Å². The molecule has 2 aromatic heterocycles. The minimum Gasteiger partial charge on any atom is -0.444 e. The Morgan fingerprint density at radius 3 is 2.38 bits per heavy atom. The molecule has 3 heterocycles. The summed E-state index contributed by atoms with van der Waals surface area (Å²) in [5.74, 6) is 0. The Labute approximate surface area is 247 Å². The number of aromatic nitrogens is 3. The van der Waals surface area contributed by atoms with Gasteiger partial charge in [-0.2, -0.15) is 5.10 Å². The number of aliphatic hydroxyl groups excluding tert-OH is 1. The Kier molecular flexibility index (Phi) is 9.96. The van der Waals surface area contributed by atoms with Gasteiger partial charge in [0.25, 0.3) is 0 Å². The molecule has 0 aliphatic carbocycles. The number of ether oxygens (including phenoxy) is 1. The van der Waals surface area contributed by atoms with Gasteiger partial charge in [-0.25, -0.2) is 4.79 Å². The number of fused-ring (bicyclic) bond motifs is 2. The van der Waals surface area contributed by atoms with Crippen molar-refractivity contribution in [2.24, 2.45) is 7.05 Å². The zero-order valence-corrected chi connectivity index (χ0v) is 25.6. The van der Waals surface area contributed by atoms with E-state index in [1.165, 1.54) is 0 Å². The topological polar surface area (TPSA) is 101 Å². The quantitative estimate of drug-likeness (QED) is 0.346. The number of amides is 1. The molecule has 5 rings (SSSR count). The number of pyridine rings is 1. The first kappa shape index (κ1) is 31.1. The molecule has 0 saturated carbocycles. The highest BCUT2D eigenvalue weighted by Gasteiger charge is 2.26. The van der Waals surface area contributed by atoms with Gasteiger partial charge in [-0.3, -0.25) is 19.4 Å². The molecule has 42 heavy (non-hydrogen) atoms. The standard InChI is InChI=1S/C31H37N5O4.C2H6/c1-31(2,3)40-30(39)36-13-11-35(12-14-36)20-25(37)9-6-21-5-7-22-8-10-28-27(29(38)26(22)15-21)16-23(17-32-28)24-18-33-34(4)19-24;1-2/h5,7-8,10,15-19,25,37H,6,9,11-14,20H2,1-4H3;1-2H3. The third kappa shape index (κ3) is 7.72. The van der Waals surface area contributed by atoms with Crippen LogP contribution in [-0.4, -0.2) is 80.2 Å². The number of benzene rings is 1. The predicted molar refractivity (Wildman–Crippen MR) is 168 cm³/mol.